The second-order valence-electron chi connectivity index (χ2n) is 12.3. The first-order chi connectivity index (χ1) is 22.0. The van der Waals surface area contributed by atoms with Gasteiger partial charge < -0.3 is 30.0 Å². The number of phenols is 1. The average Bonchev–Trinajstić information content (AvgIpc) is 3.03. The maximum Gasteiger partial charge on any atom is 0.324 e. The van der Waals surface area contributed by atoms with Gasteiger partial charge in [0.2, 0.25) is 11.8 Å². The zero-order valence-electron chi connectivity index (χ0n) is 27.7. The maximum absolute atomic E-state index is 13.9. The van der Waals surface area contributed by atoms with Gasteiger partial charge in [-0.15, -0.1) is 0 Å². The van der Waals surface area contributed by atoms with Crippen LogP contribution in [0.25, 0.3) is 0 Å². The third-order valence-electron chi connectivity index (χ3n) is 8.51. The number of methoxy groups -OCH3 is 2. The van der Waals surface area contributed by atoms with E-state index in [0.29, 0.717) is 31.4 Å². The number of ether oxygens (including phenoxy) is 3. The lowest BCUT2D eigenvalue weighted by atomic mass is 9.87. The van der Waals surface area contributed by atoms with Crippen molar-refractivity contribution in [2.24, 2.45) is 17.8 Å². The van der Waals surface area contributed by atoms with Crippen molar-refractivity contribution in [2.75, 3.05) is 27.4 Å². The minimum Gasteiger partial charge on any atom is -0.508 e. The van der Waals surface area contributed by atoms with E-state index in [4.69, 9.17) is 14.2 Å². The van der Waals surface area contributed by atoms with E-state index in [1.165, 1.54) is 24.3 Å². The number of hydrogen-bond donors (Lipinski definition) is 4. The second kappa shape index (κ2) is 17.8. The fraction of sp³-hybridized carbons (Fsp3) is 0.588. The molecule has 4 N–H and O–H groups in total. The number of carbonyl (C=O) groups excluding carboxylic acids is 4. The molecule has 0 spiro atoms. The summed E-state index contributed by atoms with van der Waals surface area (Å²) >= 11 is 0. The van der Waals surface area contributed by atoms with Crippen molar-refractivity contribution in [3.63, 3.8) is 0 Å². The number of hydrogen-bond acceptors (Lipinski definition) is 9. The Morgan fingerprint density at radius 2 is 1.80 bits per heavy atom. The minimum absolute atomic E-state index is 0.0258. The molecule has 0 aliphatic carbocycles. The van der Waals surface area contributed by atoms with Crippen molar-refractivity contribution in [2.45, 2.75) is 83.7 Å². The van der Waals surface area contributed by atoms with Gasteiger partial charge in [-0.25, -0.2) is 5.43 Å². The van der Waals surface area contributed by atoms with Crippen molar-refractivity contribution in [1.82, 2.24) is 21.1 Å². The zero-order chi connectivity index (χ0) is 33.8. The van der Waals surface area contributed by atoms with E-state index in [1.807, 2.05) is 45.1 Å². The molecule has 1 fully saturated rings. The average molecular weight is 643 g/mol. The summed E-state index contributed by atoms with van der Waals surface area (Å²) in [4.78, 5) is 54.2. The minimum atomic E-state index is -1.06. The van der Waals surface area contributed by atoms with Crippen molar-refractivity contribution < 1.29 is 38.5 Å². The lowest BCUT2D eigenvalue weighted by Gasteiger charge is -2.36. The number of cyclic esters (lactones) is 1. The highest BCUT2D eigenvalue weighted by molar-refractivity contribution is 5.93. The molecule has 12 nitrogen and oxygen atoms in total. The predicted molar refractivity (Wildman–Crippen MR) is 172 cm³/mol. The van der Waals surface area contributed by atoms with E-state index in [1.54, 1.807) is 26.2 Å². The number of nitrogens with zero attached hydrogens (tertiary/aromatic N) is 1. The standard InChI is InChI=1S/C34H50N4O8/c1-21(2)29-32(41)35-27(20-24-13-11-14-25(39)19-24)33(42)38-17-12-15-26(37-38)34(43)46-18-10-8-7-9-16-28(44-5)22(3)30(45-6)23(4)31(40)36-29/h7-9,11,13-14,16,19,21-23,26-30,37,39H,10,12,15,17-18,20H2,1-6H3,(H,35,41)(H,36,40). The third kappa shape index (κ3) is 10.1. The van der Waals surface area contributed by atoms with Gasteiger partial charge in [0.25, 0.3) is 5.91 Å². The van der Waals surface area contributed by atoms with Gasteiger partial charge in [-0.1, -0.05) is 64.1 Å². The largest absolute Gasteiger partial charge is 0.508 e. The number of rotatable bonds is 5. The Hall–Kier alpha value is -3.74. The van der Waals surface area contributed by atoms with Crippen molar-refractivity contribution >= 4 is 23.7 Å². The van der Waals surface area contributed by atoms with E-state index in [2.05, 4.69) is 16.1 Å². The molecule has 0 aromatic heterocycles. The van der Waals surface area contributed by atoms with Gasteiger partial charge in [-0.05, 0) is 42.9 Å². The SMILES string of the molecule is COC1C=CC=CCCOC(=O)C2CCCN(N2)C(=O)C(Cc2cccc(O)c2)NC(=O)C(C(C)C)NC(=O)C(C)C(OC)C1C. The predicted octanol–water partition coefficient (Wildman–Crippen LogP) is 2.42. The Morgan fingerprint density at radius 1 is 1.04 bits per heavy atom. The van der Waals surface area contributed by atoms with Crippen LogP contribution in [0.2, 0.25) is 0 Å². The molecule has 254 valence electrons. The molecule has 2 bridgehead atoms. The first kappa shape index (κ1) is 36.7. The van der Waals surface area contributed by atoms with E-state index in [9.17, 15) is 24.3 Å². The van der Waals surface area contributed by atoms with Crippen LogP contribution in [0.4, 0.5) is 0 Å². The van der Waals surface area contributed by atoms with Crippen LogP contribution in [0.5, 0.6) is 5.75 Å². The highest BCUT2D eigenvalue weighted by Crippen LogP contribution is 2.23. The molecular weight excluding hydrogens is 592 g/mol. The molecule has 2 aliphatic heterocycles. The Balaban J connectivity index is 1.95. The van der Waals surface area contributed by atoms with Gasteiger partial charge in [0.1, 0.15) is 23.9 Å². The summed E-state index contributed by atoms with van der Waals surface area (Å²) in [5.74, 6) is -2.97. The first-order valence-electron chi connectivity index (χ1n) is 16.0. The number of carbonyl (C=O) groups is 4. The van der Waals surface area contributed by atoms with E-state index >= 15 is 0 Å². The Kier molecular flexibility index (Phi) is 14.2. The highest BCUT2D eigenvalue weighted by atomic mass is 16.5. The summed E-state index contributed by atoms with van der Waals surface area (Å²) in [6, 6.07) is 3.71. The summed E-state index contributed by atoms with van der Waals surface area (Å²) in [6.07, 6.45) is 8.14. The molecule has 1 aromatic carbocycles. The molecule has 0 saturated carbocycles. The number of esters is 1. The molecule has 1 aromatic rings. The van der Waals surface area contributed by atoms with E-state index in [-0.39, 0.29) is 42.6 Å². The van der Waals surface area contributed by atoms with Crippen LogP contribution in [0.15, 0.2) is 48.6 Å². The molecule has 2 aliphatic rings. The number of phenolic OH excluding ortho intramolecular Hbond substituents is 1. The normalized spacial score (nSPS) is 29.4. The number of hydrazine groups is 1. The molecule has 3 amide bonds. The first-order valence-corrected chi connectivity index (χ1v) is 16.0. The Morgan fingerprint density at radius 3 is 2.48 bits per heavy atom. The molecule has 1 saturated heterocycles. The molecule has 3 rings (SSSR count). The zero-order valence-corrected chi connectivity index (χ0v) is 27.7. The fourth-order valence-corrected chi connectivity index (χ4v) is 5.86. The molecule has 7 atom stereocenters. The fourth-order valence-electron chi connectivity index (χ4n) is 5.86. The number of aromatic hydroxyl groups is 1. The van der Waals surface area contributed by atoms with Gasteiger partial charge in [-0.3, -0.25) is 24.2 Å². The van der Waals surface area contributed by atoms with Crippen LogP contribution in [0, 0.1) is 17.8 Å². The number of allylic oxidation sites excluding steroid dienone is 2. The molecule has 2 heterocycles. The van der Waals surface area contributed by atoms with Gasteiger partial charge in [0.15, 0.2) is 0 Å². The summed E-state index contributed by atoms with van der Waals surface area (Å²) in [7, 11) is 3.13. The molecule has 0 radical (unpaired) electrons. The summed E-state index contributed by atoms with van der Waals surface area (Å²) in [5.41, 5.74) is 3.61. The number of fused-ring (bicyclic) bond motifs is 2. The number of benzene rings is 1. The topological polar surface area (TPSA) is 156 Å². The van der Waals surface area contributed by atoms with Gasteiger partial charge in [-0.2, -0.15) is 0 Å². The van der Waals surface area contributed by atoms with Crippen LogP contribution >= 0.6 is 0 Å². The monoisotopic (exact) mass is 642 g/mol. The van der Waals surface area contributed by atoms with Crippen molar-refractivity contribution in [3.8, 4) is 5.75 Å². The van der Waals surface area contributed by atoms with Gasteiger partial charge in [0, 0.05) is 33.1 Å². The smallest absolute Gasteiger partial charge is 0.324 e. The molecule has 12 heteroatoms. The maximum atomic E-state index is 13.9. The van der Waals surface area contributed by atoms with Crippen LogP contribution < -0.4 is 16.1 Å². The highest BCUT2D eigenvalue weighted by Gasteiger charge is 2.37. The van der Waals surface area contributed by atoms with Crippen LogP contribution in [0.1, 0.15) is 52.5 Å². The quantitative estimate of drug-likeness (QED) is 0.355. The van der Waals surface area contributed by atoms with Crippen LogP contribution in [-0.2, 0) is 39.8 Å². The van der Waals surface area contributed by atoms with E-state index < -0.39 is 47.9 Å². The second-order valence-corrected chi connectivity index (χ2v) is 12.3. The van der Waals surface area contributed by atoms with Crippen LogP contribution in [0.3, 0.4) is 0 Å². The van der Waals surface area contributed by atoms with Crippen LogP contribution in [-0.4, -0.2) is 91.5 Å². The summed E-state index contributed by atoms with van der Waals surface area (Å²) in [5, 5.41) is 17.1. The Bertz CT molecular complexity index is 1250. The lowest BCUT2D eigenvalue weighted by Crippen LogP contribution is -2.62. The van der Waals surface area contributed by atoms with E-state index in [0.717, 1.165) is 0 Å². The van der Waals surface area contributed by atoms with Gasteiger partial charge in [0.05, 0.1) is 24.7 Å². The molecular formula is C34H50N4O8. The molecule has 7 unspecified atom stereocenters. The number of amides is 3. The molecule has 46 heavy (non-hydrogen) atoms. The number of nitrogens with one attached hydrogen (secondary N) is 3. The third-order valence-corrected chi connectivity index (χ3v) is 8.51. The lowest BCUT2D eigenvalue weighted by molar-refractivity contribution is -0.153. The Labute approximate surface area is 271 Å². The summed E-state index contributed by atoms with van der Waals surface area (Å²) in [6.45, 7) is 7.79. The summed E-state index contributed by atoms with van der Waals surface area (Å²) < 4.78 is 17.0. The van der Waals surface area contributed by atoms with Crippen molar-refractivity contribution in [1.29, 1.82) is 0 Å². The van der Waals surface area contributed by atoms with Gasteiger partial charge >= 0.3 is 5.97 Å². The van der Waals surface area contributed by atoms with Crippen molar-refractivity contribution in [3.05, 3.63) is 54.1 Å².